The maximum absolute atomic E-state index is 14.6. The van der Waals surface area contributed by atoms with E-state index in [4.69, 9.17) is 4.74 Å². The van der Waals surface area contributed by atoms with Crippen LogP contribution in [-0.4, -0.2) is 32.0 Å². The van der Waals surface area contributed by atoms with Gasteiger partial charge in [0.1, 0.15) is 17.4 Å². The maximum atomic E-state index is 14.6. The summed E-state index contributed by atoms with van der Waals surface area (Å²) in [5.74, 6) is -1.88. The molecule has 9 nitrogen and oxygen atoms in total. The van der Waals surface area contributed by atoms with Crippen LogP contribution in [0.5, 0.6) is 0 Å². The Morgan fingerprint density at radius 1 is 1.52 bits per heavy atom. The Balaban J connectivity index is 2.32. The lowest BCUT2D eigenvalue weighted by Crippen LogP contribution is -2.49. The van der Waals surface area contributed by atoms with E-state index in [0.29, 0.717) is 24.1 Å². The monoisotopic (exact) mass is 341 g/mol. The lowest BCUT2D eigenvalue weighted by atomic mass is 10.3. The summed E-state index contributed by atoms with van der Waals surface area (Å²) in [6.07, 6.45) is 0.424. The van der Waals surface area contributed by atoms with Crippen molar-refractivity contribution in [2.24, 2.45) is 0 Å². The van der Waals surface area contributed by atoms with E-state index in [-0.39, 0.29) is 10.7 Å². The van der Waals surface area contributed by atoms with E-state index in [1.54, 1.807) is 0 Å². The molecule has 1 atom stereocenters. The summed E-state index contributed by atoms with van der Waals surface area (Å²) < 4.78 is 21.4. The first-order valence-electron chi connectivity index (χ1n) is 6.73. The average Bonchev–Trinajstić information content (AvgIpc) is 3.19. The van der Waals surface area contributed by atoms with Gasteiger partial charge in [-0.05, 0) is 12.8 Å². The highest BCUT2D eigenvalue weighted by Crippen LogP contribution is 2.28. The van der Waals surface area contributed by atoms with Gasteiger partial charge in [-0.2, -0.15) is 9.07 Å². The third-order valence-electron chi connectivity index (χ3n) is 3.26. The fraction of sp³-hybridized carbons (Fsp3) is 0.417. The summed E-state index contributed by atoms with van der Waals surface area (Å²) in [6, 6.07) is 0. The van der Waals surface area contributed by atoms with Gasteiger partial charge in [0.25, 0.3) is 0 Å². The smallest absolute Gasteiger partial charge is 0.353 e. The molecule has 2 aromatic heterocycles. The molecule has 0 bridgehead atoms. The van der Waals surface area contributed by atoms with Crippen LogP contribution in [0.2, 0.25) is 0 Å². The van der Waals surface area contributed by atoms with Crippen molar-refractivity contribution in [3.63, 3.8) is 0 Å². The molecule has 0 saturated carbocycles. The molecular formula is C12H12FN5O4S. The highest BCUT2D eigenvalue weighted by molar-refractivity contribution is 7.12. The topological polar surface area (TPSA) is 108 Å². The van der Waals surface area contributed by atoms with Gasteiger partial charge in [0, 0.05) is 13.5 Å². The molecule has 3 rings (SSSR count). The van der Waals surface area contributed by atoms with Crippen molar-refractivity contribution < 1.29 is 13.9 Å². The molecule has 122 valence electrons. The van der Waals surface area contributed by atoms with Crippen molar-refractivity contribution in [2.45, 2.75) is 26.0 Å². The molecule has 1 amide bonds. The zero-order valence-electron chi connectivity index (χ0n) is 12.0. The van der Waals surface area contributed by atoms with Crippen molar-refractivity contribution in [3.05, 3.63) is 32.2 Å². The highest BCUT2D eigenvalue weighted by atomic mass is 32.1. The molecule has 0 aromatic carbocycles. The van der Waals surface area contributed by atoms with Gasteiger partial charge in [-0.15, -0.1) is 10.2 Å². The Labute approximate surface area is 132 Å². The van der Waals surface area contributed by atoms with Gasteiger partial charge in [-0.3, -0.25) is 19.6 Å². The predicted molar refractivity (Wildman–Crippen MR) is 78.1 cm³/mol. The Bertz CT molecular complexity index is 854. The third kappa shape index (κ3) is 2.68. The number of amides is 1. The van der Waals surface area contributed by atoms with E-state index in [1.165, 1.54) is 5.51 Å². The number of carbonyl (C=O) groups is 1. The second-order valence-corrected chi connectivity index (χ2v) is 5.67. The van der Waals surface area contributed by atoms with Gasteiger partial charge in [0.05, 0.1) is 0 Å². The Kier molecular flexibility index (Phi) is 4.05. The van der Waals surface area contributed by atoms with Crippen LogP contribution in [0.1, 0.15) is 26.0 Å². The van der Waals surface area contributed by atoms with E-state index in [1.807, 2.05) is 5.43 Å². The van der Waals surface area contributed by atoms with Gasteiger partial charge in [-0.25, -0.2) is 4.79 Å². The second-order valence-electron chi connectivity index (χ2n) is 4.84. The second kappa shape index (κ2) is 6.01. The van der Waals surface area contributed by atoms with Gasteiger partial charge in [0.2, 0.25) is 11.7 Å². The van der Waals surface area contributed by atoms with Crippen LogP contribution in [0.25, 0.3) is 10.7 Å². The van der Waals surface area contributed by atoms with Crippen LogP contribution < -0.4 is 16.7 Å². The first-order chi connectivity index (χ1) is 11.0. The average molecular weight is 341 g/mol. The Hall–Kier alpha value is -2.40. The number of nitrogens with zero attached hydrogens (tertiary/aromatic N) is 4. The zero-order valence-corrected chi connectivity index (χ0v) is 12.8. The number of aromatic nitrogens is 4. The van der Waals surface area contributed by atoms with Crippen LogP contribution in [-0.2, 0) is 9.53 Å². The van der Waals surface area contributed by atoms with Crippen molar-refractivity contribution >= 4 is 17.2 Å². The number of hydrogen-bond acceptors (Lipinski definition) is 7. The Morgan fingerprint density at radius 3 is 2.87 bits per heavy atom. The maximum Gasteiger partial charge on any atom is 0.353 e. The largest absolute Gasteiger partial charge is 0.358 e. The SMILES string of the molecule is CC(=O)Nn1c(=O)c(F)c(-c2nncs2)n(C2CCCO2)c1=O. The predicted octanol–water partition coefficient (Wildman–Crippen LogP) is 0.0666. The minimum Gasteiger partial charge on any atom is -0.358 e. The molecule has 1 saturated heterocycles. The highest BCUT2D eigenvalue weighted by Gasteiger charge is 2.29. The number of hydrogen-bond donors (Lipinski definition) is 1. The van der Waals surface area contributed by atoms with Crippen LogP contribution in [0.3, 0.4) is 0 Å². The van der Waals surface area contributed by atoms with Gasteiger partial charge in [-0.1, -0.05) is 11.3 Å². The Morgan fingerprint density at radius 2 is 2.30 bits per heavy atom. The van der Waals surface area contributed by atoms with E-state index in [9.17, 15) is 18.8 Å². The molecule has 0 aliphatic carbocycles. The van der Waals surface area contributed by atoms with Gasteiger partial charge < -0.3 is 4.74 Å². The first-order valence-corrected chi connectivity index (χ1v) is 7.61. The standard InChI is InChI=1S/C12H12FN5O4S/c1-6(19)16-18-11(20)8(13)9(10-15-14-5-23-10)17(12(18)21)7-3-2-4-22-7/h5,7H,2-4H2,1H3,(H,16,19). The van der Waals surface area contributed by atoms with Crippen LogP contribution >= 0.6 is 11.3 Å². The molecule has 1 fully saturated rings. The van der Waals surface area contributed by atoms with Crippen LogP contribution in [0.15, 0.2) is 15.1 Å². The molecule has 2 aromatic rings. The van der Waals surface area contributed by atoms with Gasteiger partial charge in [0.15, 0.2) is 5.01 Å². The van der Waals surface area contributed by atoms with Crippen molar-refractivity contribution in [1.82, 2.24) is 19.4 Å². The van der Waals surface area contributed by atoms with Crippen molar-refractivity contribution in [3.8, 4) is 10.7 Å². The van der Waals surface area contributed by atoms with E-state index in [2.05, 4.69) is 10.2 Å². The fourth-order valence-corrected chi connectivity index (χ4v) is 2.94. The molecule has 23 heavy (non-hydrogen) atoms. The molecule has 0 radical (unpaired) electrons. The fourth-order valence-electron chi connectivity index (χ4n) is 2.36. The molecule has 0 spiro atoms. The number of rotatable bonds is 3. The van der Waals surface area contributed by atoms with E-state index >= 15 is 0 Å². The van der Waals surface area contributed by atoms with E-state index < -0.39 is 29.2 Å². The quantitative estimate of drug-likeness (QED) is 0.846. The molecule has 3 heterocycles. The van der Waals surface area contributed by atoms with Gasteiger partial charge >= 0.3 is 11.2 Å². The zero-order chi connectivity index (χ0) is 16.6. The van der Waals surface area contributed by atoms with Crippen LogP contribution in [0, 0.1) is 5.82 Å². The van der Waals surface area contributed by atoms with Crippen molar-refractivity contribution in [2.75, 3.05) is 12.0 Å². The summed E-state index contributed by atoms with van der Waals surface area (Å²) in [4.78, 5) is 35.9. The number of nitrogens with one attached hydrogen (secondary N) is 1. The lowest BCUT2D eigenvalue weighted by Gasteiger charge is -2.19. The molecular weight excluding hydrogens is 329 g/mol. The first kappa shape index (κ1) is 15.5. The molecule has 1 aliphatic rings. The number of carbonyl (C=O) groups excluding carboxylic acids is 1. The lowest BCUT2D eigenvalue weighted by molar-refractivity contribution is -0.115. The molecule has 1 unspecified atom stereocenters. The molecule has 11 heteroatoms. The normalized spacial score (nSPS) is 17.4. The third-order valence-corrected chi connectivity index (χ3v) is 3.96. The summed E-state index contributed by atoms with van der Waals surface area (Å²) in [5.41, 5.74) is 0.941. The summed E-state index contributed by atoms with van der Waals surface area (Å²) in [5, 5.41) is 7.42. The summed E-state index contributed by atoms with van der Waals surface area (Å²) in [6.45, 7) is 1.52. The van der Waals surface area contributed by atoms with E-state index in [0.717, 1.165) is 22.8 Å². The molecule has 1 N–H and O–H groups in total. The number of ether oxygens (including phenoxy) is 1. The van der Waals surface area contributed by atoms with Crippen LogP contribution in [0.4, 0.5) is 4.39 Å². The number of halogens is 1. The summed E-state index contributed by atoms with van der Waals surface area (Å²) in [7, 11) is 0. The minimum absolute atomic E-state index is 0.0853. The van der Waals surface area contributed by atoms with Crippen molar-refractivity contribution in [1.29, 1.82) is 0 Å². The summed E-state index contributed by atoms with van der Waals surface area (Å²) >= 11 is 0.987. The minimum atomic E-state index is -1.26. The molecule has 1 aliphatic heterocycles.